The summed E-state index contributed by atoms with van der Waals surface area (Å²) in [5.74, 6) is -1.79. The number of hydrogen-bond acceptors (Lipinski definition) is 5. The van der Waals surface area contributed by atoms with Crippen molar-refractivity contribution in [3.8, 4) is 0 Å². The average Bonchev–Trinajstić information content (AvgIpc) is 2.83. The van der Waals surface area contributed by atoms with Gasteiger partial charge in [0.15, 0.2) is 0 Å². The lowest BCUT2D eigenvalue weighted by Gasteiger charge is -2.34. The van der Waals surface area contributed by atoms with Crippen LogP contribution in [0.2, 0.25) is 0 Å². The van der Waals surface area contributed by atoms with Crippen molar-refractivity contribution in [1.29, 1.82) is 0 Å². The molecule has 2 aromatic carbocycles. The normalized spacial score (nSPS) is 14.9. The second-order valence-electron chi connectivity index (χ2n) is 10.2. The molecule has 0 heterocycles. The fourth-order valence-corrected chi connectivity index (χ4v) is 5.46. The van der Waals surface area contributed by atoms with Crippen LogP contribution in [0.1, 0.15) is 40.2 Å². The second-order valence-corrected chi connectivity index (χ2v) is 12.1. The maximum Gasteiger partial charge on any atom is 0.243 e. The number of hydrogen-bond donors (Lipinski definition) is 3. The zero-order valence-electron chi connectivity index (χ0n) is 21.7. The number of amides is 2. The van der Waals surface area contributed by atoms with Gasteiger partial charge in [0, 0.05) is 19.0 Å². The molecule has 0 aliphatic carbocycles. The molecule has 0 bridgehead atoms. The van der Waals surface area contributed by atoms with Crippen molar-refractivity contribution in [2.45, 2.75) is 58.1 Å². The number of nitrogens with two attached hydrogens (primary N) is 1. The molecule has 9 heteroatoms. The summed E-state index contributed by atoms with van der Waals surface area (Å²) in [5, 5.41) is 14.2. The van der Waals surface area contributed by atoms with E-state index in [2.05, 4.69) is 5.32 Å². The predicted molar refractivity (Wildman–Crippen MR) is 140 cm³/mol. The number of carbonyl (C=O) groups excluding carboxylic acids is 2. The first kappa shape index (κ1) is 29.5. The quantitative estimate of drug-likeness (QED) is 0.376. The molecule has 198 valence electrons. The number of benzene rings is 2. The molecule has 0 aromatic heterocycles. The number of carbonyl (C=O) groups is 2. The summed E-state index contributed by atoms with van der Waals surface area (Å²) in [4.78, 5) is 25.1. The van der Waals surface area contributed by atoms with E-state index in [9.17, 15) is 23.1 Å². The van der Waals surface area contributed by atoms with E-state index in [0.29, 0.717) is 0 Å². The van der Waals surface area contributed by atoms with Crippen LogP contribution in [0, 0.1) is 17.3 Å². The number of rotatable bonds is 13. The lowest BCUT2D eigenvalue weighted by atomic mass is 9.78. The fraction of sp³-hybridized carbons (Fsp3) is 0.481. The lowest BCUT2D eigenvalue weighted by Crippen LogP contribution is -2.55. The van der Waals surface area contributed by atoms with E-state index in [-0.39, 0.29) is 30.3 Å². The minimum atomic E-state index is -3.88. The van der Waals surface area contributed by atoms with Crippen LogP contribution in [0.25, 0.3) is 0 Å². The van der Waals surface area contributed by atoms with Crippen molar-refractivity contribution in [3.63, 3.8) is 0 Å². The summed E-state index contributed by atoms with van der Waals surface area (Å²) in [5.41, 5.74) is 5.18. The van der Waals surface area contributed by atoms with Crippen LogP contribution in [-0.2, 0) is 26.0 Å². The van der Waals surface area contributed by atoms with E-state index in [0.717, 1.165) is 5.56 Å². The first-order valence-electron chi connectivity index (χ1n) is 12.1. The highest BCUT2D eigenvalue weighted by atomic mass is 32.2. The Morgan fingerprint density at radius 1 is 0.972 bits per heavy atom. The molecular weight excluding hydrogens is 478 g/mol. The largest absolute Gasteiger partial charge is 0.390 e. The van der Waals surface area contributed by atoms with Gasteiger partial charge in [-0.3, -0.25) is 9.59 Å². The number of aliphatic hydroxyl groups excluding tert-OH is 1. The Hall–Kier alpha value is -2.75. The Morgan fingerprint density at radius 2 is 1.50 bits per heavy atom. The standard InChI is InChI=1S/C27H39N3O5S/c1-19(2)17-30(36(34,35)22-14-10-7-11-15-22)18-24(31)23(16-21-12-8-6-9-13-21)29-26(33)27(4,5)20(3)25(28)32/h6-15,19-20,23-24,31H,16-18H2,1-5H3,(H2,28,32)(H,29,33). The van der Waals surface area contributed by atoms with Gasteiger partial charge < -0.3 is 16.2 Å². The molecule has 0 radical (unpaired) electrons. The zero-order valence-corrected chi connectivity index (χ0v) is 22.5. The summed E-state index contributed by atoms with van der Waals surface area (Å²) in [6.07, 6.45) is -0.943. The van der Waals surface area contributed by atoms with Gasteiger partial charge in [0.2, 0.25) is 21.8 Å². The van der Waals surface area contributed by atoms with Crippen LogP contribution in [0.15, 0.2) is 65.6 Å². The van der Waals surface area contributed by atoms with Crippen LogP contribution < -0.4 is 11.1 Å². The smallest absolute Gasteiger partial charge is 0.243 e. The first-order valence-corrected chi connectivity index (χ1v) is 13.6. The highest BCUT2D eigenvalue weighted by Gasteiger charge is 2.39. The molecule has 0 saturated heterocycles. The first-order chi connectivity index (χ1) is 16.8. The maximum absolute atomic E-state index is 13.4. The van der Waals surface area contributed by atoms with Crippen molar-refractivity contribution < 1.29 is 23.1 Å². The second kappa shape index (κ2) is 12.5. The molecule has 8 nitrogen and oxygen atoms in total. The molecule has 2 rings (SSSR count). The number of nitrogens with one attached hydrogen (secondary N) is 1. The van der Waals surface area contributed by atoms with Gasteiger partial charge in [-0.1, -0.05) is 83.1 Å². The van der Waals surface area contributed by atoms with Gasteiger partial charge in [-0.2, -0.15) is 4.31 Å². The molecular formula is C27H39N3O5S. The number of aliphatic hydroxyl groups is 1. The highest BCUT2D eigenvalue weighted by Crippen LogP contribution is 2.27. The van der Waals surface area contributed by atoms with Gasteiger partial charge in [-0.15, -0.1) is 0 Å². The van der Waals surface area contributed by atoms with Crippen molar-refractivity contribution >= 4 is 21.8 Å². The molecule has 4 N–H and O–H groups in total. The molecule has 36 heavy (non-hydrogen) atoms. The SMILES string of the molecule is CC(C)CN(CC(O)C(Cc1ccccc1)NC(=O)C(C)(C)C(C)C(N)=O)S(=O)(=O)c1ccccc1. The Balaban J connectivity index is 2.37. The van der Waals surface area contributed by atoms with E-state index < -0.39 is 45.3 Å². The summed E-state index contributed by atoms with van der Waals surface area (Å²) in [6.45, 7) is 8.61. The monoisotopic (exact) mass is 517 g/mol. The van der Waals surface area contributed by atoms with Crippen molar-refractivity contribution in [3.05, 3.63) is 66.2 Å². The van der Waals surface area contributed by atoms with E-state index >= 15 is 0 Å². The molecule has 3 atom stereocenters. The Bertz CT molecular complexity index is 1100. The van der Waals surface area contributed by atoms with Gasteiger partial charge in [-0.25, -0.2) is 8.42 Å². The predicted octanol–water partition coefficient (Wildman–Crippen LogP) is 2.57. The van der Waals surface area contributed by atoms with E-state index in [1.54, 1.807) is 39.0 Å². The van der Waals surface area contributed by atoms with Gasteiger partial charge in [0.1, 0.15) is 0 Å². The topological polar surface area (TPSA) is 130 Å². The molecule has 0 spiro atoms. The van der Waals surface area contributed by atoms with Crippen molar-refractivity contribution in [1.82, 2.24) is 9.62 Å². The van der Waals surface area contributed by atoms with E-state index in [1.165, 1.54) is 16.4 Å². The molecule has 0 saturated carbocycles. The summed E-state index contributed by atoms with van der Waals surface area (Å²) in [7, 11) is -3.88. The third-order valence-corrected chi connectivity index (χ3v) is 8.36. The Kier molecular flexibility index (Phi) is 10.2. The molecule has 0 aliphatic rings. The number of sulfonamides is 1. The highest BCUT2D eigenvalue weighted by molar-refractivity contribution is 7.89. The maximum atomic E-state index is 13.4. The fourth-order valence-electron chi connectivity index (χ4n) is 3.81. The summed E-state index contributed by atoms with van der Waals surface area (Å²) >= 11 is 0. The number of primary amides is 1. The minimum Gasteiger partial charge on any atom is -0.390 e. The van der Waals surface area contributed by atoms with Crippen molar-refractivity contribution in [2.75, 3.05) is 13.1 Å². The van der Waals surface area contributed by atoms with Crippen LogP contribution in [0.3, 0.4) is 0 Å². The molecule has 0 fully saturated rings. The Labute approximate surface area is 214 Å². The van der Waals surface area contributed by atoms with Gasteiger partial charge in [0.05, 0.1) is 22.5 Å². The summed E-state index contributed by atoms with van der Waals surface area (Å²) < 4.78 is 28.1. The zero-order chi connectivity index (χ0) is 27.1. The van der Waals surface area contributed by atoms with Crippen LogP contribution in [0.5, 0.6) is 0 Å². The molecule has 2 amide bonds. The summed E-state index contributed by atoms with van der Waals surface area (Å²) in [6, 6.07) is 16.6. The minimum absolute atomic E-state index is 0.00759. The average molecular weight is 518 g/mol. The van der Waals surface area contributed by atoms with Crippen LogP contribution in [0.4, 0.5) is 0 Å². The third-order valence-electron chi connectivity index (χ3n) is 6.51. The van der Waals surface area contributed by atoms with Gasteiger partial charge >= 0.3 is 0 Å². The Morgan fingerprint density at radius 3 is 2.00 bits per heavy atom. The molecule has 2 aromatic rings. The molecule has 3 unspecified atom stereocenters. The van der Waals surface area contributed by atoms with Crippen molar-refractivity contribution in [2.24, 2.45) is 23.0 Å². The van der Waals surface area contributed by atoms with E-state index in [4.69, 9.17) is 5.73 Å². The van der Waals surface area contributed by atoms with Gasteiger partial charge in [0.25, 0.3) is 0 Å². The van der Waals surface area contributed by atoms with Crippen LogP contribution in [-0.4, -0.2) is 54.9 Å². The number of nitrogens with zero attached hydrogens (tertiary/aromatic N) is 1. The van der Waals surface area contributed by atoms with Crippen LogP contribution >= 0.6 is 0 Å². The van der Waals surface area contributed by atoms with Gasteiger partial charge in [-0.05, 0) is 30.0 Å². The van der Waals surface area contributed by atoms with E-state index in [1.807, 2.05) is 44.2 Å². The lowest BCUT2D eigenvalue weighted by molar-refractivity contribution is -0.139. The molecule has 0 aliphatic heterocycles. The third kappa shape index (κ3) is 7.62.